The van der Waals surface area contributed by atoms with E-state index in [-0.39, 0.29) is 11.6 Å². The molecule has 130 valence electrons. The molecule has 1 heterocycles. The molecule has 6 heteroatoms. The SMILES string of the molecule is COCCCN(Cc1ccc(C(=O)OC)o1)Cc1ccccc1F. The van der Waals surface area contributed by atoms with Gasteiger partial charge in [-0.15, -0.1) is 0 Å². The summed E-state index contributed by atoms with van der Waals surface area (Å²) in [6.45, 7) is 2.26. The highest BCUT2D eigenvalue weighted by atomic mass is 19.1. The van der Waals surface area contributed by atoms with Gasteiger partial charge in [-0.2, -0.15) is 0 Å². The second-order valence-corrected chi connectivity index (χ2v) is 5.41. The molecule has 0 spiro atoms. The van der Waals surface area contributed by atoms with Gasteiger partial charge in [0.15, 0.2) is 0 Å². The van der Waals surface area contributed by atoms with Crippen LogP contribution in [0.15, 0.2) is 40.8 Å². The first-order chi connectivity index (χ1) is 11.6. The van der Waals surface area contributed by atoms with E-state index >= 15 is 0 Å². The Bertz CT molecular complexity index is 656. The van der Waals surface area contributed by atoms with Crippen molar-refractivity contribution in [1.29, 1.82) is 0 Å². The fourth-order valence-electron chi connectivity index (χ4n) is 2.41. The number of carbonyl (C=O) groups is 1. The van der Waals surface area contributed by atoms with Crippen molar-refractivity contribution >= 4 is 5.97 Å². The van der Waals surface area contributed by atoms with Crippen LogP contribution in [0, 0.1) is 5.82 Å². The van der Waals surface area contributed by atoms with E-state index in [4.69, 9.17) is 9.15 Å². The third-order valence-corrected chi connectivity index (χ3v) is 3.60. The Morgan fingerprint density at radius 1 is 1.17 bits per heavy atom. The lowest BCUT2D eigenvalue weighted by Crippen LogP contribution is -2.25. The number of carbonyl (C=O) groups excluding carboxylic acids is 1. The summed E-state index contributed by atoms with van der Waals surface area (Å²) >= 11 is 0. The lowest BCUT2D eigenvalue weighted by atomic mass is 10.2. The highest BCUT2D eigenvalue weighted by molar-refractivity contribution is 5.86. The smallest absolute Gasteiger partial charge is 0.373 e. The van der Waals surface area contributed by atoms with Gasteiger partial charge in [0.2, 0.25) is 5.76 Å². The first-order valence-corrected chi connectivity index (χ1v) is 7.75. The number of hydrogen-bond acceptors (Lipinski definition) is 5. The van der Waals surface area contributed by atoms with Crippen LogP contribution >= 0.6 is 0 Å². The Kier molecular flexibility index (Phi) is 6.96. The number of benzene rings is 1. The monoisotopic (exact) mass is 335 g/mol. The van der Waals surface area contributed by atoms with E-state index in [9.17, 15) is 9.18 Å². The minimum Gasteiger partial charge on any atom is -0.463 e. The molecule has 0 atom stereocenters. The van der Waals surface area contributed by atoms with Crippen molar-refractivity contribution in [3.63, 3.8) is 0 Å². The number of nitrogens with zero attached hydrogens (tertiary/aromatic N) is 1. The third kappa shape index (κ3) is 5.18. The summed E-state index contributed by atoms with van der Waals surface area (Å²) in [6.07, 6.45) is 0.815. The molecule has 0 aliphatic rings. The van der Waals surface area contributed by atoms with Crippen LogP contribution in [0.4, 0.5) is 4.39 Å². The highest BCUT2D eigenvalue weighted by Gasteiger charge is 2.15. The summed E-state index contributed by atoms with van der Waals surface area (Å²) in [7, 11) is 2.95. The first-order valence-electron chi connectivity index (χ1n) is 7.75. The second kappa shape index (κ2) is 9.20. The fourth-order valence-corrected chi connectivity index (χ4v) is 2.41. The van der Waals surface area contributed by atoms with Gasteiger partial charge in [-0.05, 0) is 24.6 Å². The van der Waals surface area contributed by atoms with Crippen molar-refractivity contribution < 1.29 is 23.1 Å². The summed E-state index contributed by atoms with van der Waals surface area (Å²) in [5.74, 6) is 0.0459. The molecular formula is C18H22FNO4. The quantitative estimate of drug-likeness (QED) is 0.520. The molecule has 0 fully saturated rings. The van der Waals surface area contributed by atoms with Crippen LogP contribution in [0.1, 0.15) is 28.3 Å². The first kappa shape index (κ1) is 18.2. The van der Waals surface area contributed by atoms with Gasteiger partial charge in [-0.1, -0.05) is 18.2 Å². The largest absolute Gasteiger partial charge is 0.463 e. The third-order valence-electron chi connectivity index (χ3n) is 3.60. The van der Waals surface area contributed by atoms with Crippen molar-refractivity contribution in [2.45, 2.75) is 19.5 Å². The maximum absolute atomic E-state index is 13.9. The van der Waals surface area contributed by atoms with Crippen LogP contribution in [0.25, 0.3) is 0 Å². The van der Waals surface area contributed by atoms with Gasteiger partial charge >= 0.3 is 5.97 Å². The minimum atomic E-state index is -0.513. The standard InChI is InChI=1S/C18H22FNO4/c1-22-11-5-10-20(12-14-6-3-4-7-16(14)19)13-15-8-9-17(24-15)18(21)23-2/h3-4,6-9H,5,10-13H2,1-2H3. The van der Waals surface area contributed by atoms with Crippen molar-refractivity contribution in [3.05, 3.63) is 59.3 Å². The van der Waals surface area contributed by atoms with Crippen molar-refractivity contribution in [2.24, 2.45) is 0 Å². The Balaban J connectivity index is 2.06. The molecule has 0 aliphatic carbocycles. The topological polar surface area (TPSA) is 51.9 Å². The number of esters is 1. The Morgan fingerprint density at radius 3 is 2.67 bits per heavy atom. The van der Waals surface area contributed by atoms with Gasteiger partial charge in [-0.25, -0.2) is 9.18 Å². The summed E-state index contributed by atoms with van der Waals surface area (Å²) in [5, 5.41) is 0. The van der Waals surface area contributed by atoms with Gasteiger partial charge in [0.1, 0.15) is 11.6 Å². The summed E-state index contributed by atoms with van der Waals surface area (Å²) < 4.78 is 29.1. The molecule has 2 rings (SSSR count). The fraction of sp³-hybridized carbons (Fsp3) is 0.389. The Hall–Kier alpha value is -2.18. The second-order valence-electron chi connectivity index (χ2n) is 5.41. The lowest BCUT2D eigenvalue weighted by Gasteiger charge is -2.21. The lowest BCUT2D eigenvalue weighted by molar-refractivity contribution is 0.0560. The van der Waals surface area contributed by atoms with Gasteiger partial charge in [0, 0.05) is 32.4 Å². The maximum Gasteiger partial charge on any atom is 0.373 e. The molecule has 0 saturated carbocycles. The molecule has 2 aromatic rings. The molecular weight excluding hydrogens is 313 g/mol. The molecule has 0 saturated heterocycles. The van der Waals surface area contributed by atoms with E-state index in [1.165, 1.54) is 13.2 Å². The van der Waals surface area contributed by atoms with Crippen molar-refractivity contribution in [2.75, 3.05) is 27.4 Å². The zero-order chi connectivity index (χ0) is 17.4. The molecule has 0 radical (unpaired) electrons. The number of methoxy groups -OCH3 is 2. The number of ether oxygens (including phenoxy) is 2. The summed E-state index contributed by atoms with van der Waals surface area (Å²) in [4.78, 5) is 13.5. The maximum atomic E-state index is 13.9. The van der Waals surface area contributed by atoms with Crippen LogP contribution in [0.5, 0.6) is 0 Å². The zero-order valence-corrected chi connectivity index (χ0v) is 14.0. The molecule has 1 aromatic carbocycles. The minimum absolute atomic E-state index is 0.162. The van der Waals surface area contributed by atoms with Crippen molar-refractivity contribution in [3.8, 4) is 0 Å². The van der Waals surface area contributed by atoms with E-state index in [2.05, 4.69) is 9.64 Å². The van der Waals surface area contributed by atoms with Gasteiger partial charge in [0.25, 0.3) is 0 Å². The predicted molar refractivity (Wildman–Crippen MR) is 87.1 cm³/mol. The van der Waals surface area contributed by atoms with Gasteiger partial charge in [-0.3, -0.25) is 4.90 Å². The molecule has 1 aromatic heterocycles. The number of hydrogen-bond donors (Lipinski definition) is 0. The van der Waals surface area contributed by atoms with Gasteiger partial charge in [0.05, 0.1) is 13.7 Å². The summed E-state index contributed by atoms with van der Waals surface area (Å²) in [6, 6.07) is 10.0. The molecule has 5 nitrogen and oxygen atoms in total. The van der Waals surface area contributed by atoms with E-state index < -0.39 is 5.97 Å². The molecule has 0 amide bonds. The number of furan rings is 1. The highest BCUT2D eigenvalue weighted by Crippen LogP contribution is 2.16. The van der Waals surface area contributed by atoms with E-state index in [0.717, 1.165) is 13.0 Å². The Morgan fingerprint density at radius 2 is 1.96 bits per heavy atom. The molecule has 0 bridgehead atoms. The van der Waals surface area contributed by atoms with Crippen LogP contribution in [0.2, 0.25) is 0 Å². The molecule has 24 heavy (non-hydrogen) atoms. The molecule has 0 aliphatic heterocycles. The zero-order valence-electron chi connectivity index (χ0n) is 14.0. The van der Waals surface area contributed by atoms with E-state index in [1.54, 1.807) is 31.4 Å². The van der Waals surface area contributed by atoms with Crippen LogP contribution < -0.4 is 0 Å². The van der Waals surface area contributed by atoms with Crippen LogP contribution in [-0.2, 0) is 22.6 Å². The van der Waals surface area contributed by atoms with E-state index in [0.29, 0.717) is 31.0 Å². The summed E-state index contributed by atoms with van der Waals surface area (Å²) in [5.41, 5.74) is 0.620. The molecule has 0 N–H and O–H groups in total. The number of rotatable bonds is 9. The number of halogens is 1. The van der Waals surface area contributed by atoms with E-state index in [1.807, 2.05) is 6.07 Å². The van der Waals surface area contributed by atoms with Gasteiger partial charge < -0.3 is 13.9 Å². The Labute approximate surface area is 141 Å². The van der Waals surface area contributed by atoms with Crippen LogP contribution in [0.3, 0.4) is 0 Å². The predicted octanol–water partition coefficient (Wildman–Crippen LogP) is 3.24. The van der Waals surface area contributed by atoms with Crippen LogP contribution in [-0.4, -0.2) is 38.2 Å². The van der Waals surface area contributed by atoms with Crippen molar-refractivity contribution in [1.82, 2.24) is 4.90 Å². The average molecular weight is 335 g/mol. The normalized spacial score (nSPS) is 11.0. The molecule has 0 unspecified atom stereocenters. The average Bonchev–Trinajstić information content (AvgIpc) is 3.05.